The third-order valence-electron chi connectivity index (χ3n) is 5.12. The van der Waals surface area contributed by atoms with Gasteiger partial charge in [0, 0.05) is 0 Å². The Bertz CT molecular complexity index is 1320. The van der Waals surface area contributed by atoms with E-state index < -0.39 is 17.9 Å². The van der Waals surface area contributed by atoms with Gasteiger partial charge in [-0.3, -0.25) is 9.69 Å². The van der Waals surface area contributed by atoms with Crippen molar-refractivity contribution in [2.24, 2.45) is 0 Å². The third-order valence-corrected chi connectivity index (χ3v) is 6.30. The summed E-state index contributed by atoms with van der Waals surface area (Å²) >= 11 is 7.04. The number of furan rings is 1. The number of carbonyl (C=O) groups is 3. The Hall–Kier alpha value is -3.37. The number of nitrogens with one attached hydrogen (secondary N) is 1. The number of esters is 1. The van der Waals surface area contributed by atoms with Crippen molar-refractivity contribution in [3.63, 3.8) is 0 Å². The van der Waals surface area contributed by atoms with Crippen LogP contribution in [-0.2, 0) is 22.7 Å². The number of nitrogens with zero attached hydrogens (tertiary/aromatic N) is 1. The number of benzene rings is 2. The summed E-state index contributed by atoms with van der Waals surface area (Å²) in [4.78, 5) is 37.8. The summed E-state index contributed by atoms with van der Waals surface area (Å²) in [6.45, 7) is 2.29. The molecule has 1 N–H and O–H groups in total. The maximum absolute atomic E-state index is 12.8. The van der Waals surface area contributed by atoms with Gasteiger partial charge in [-0.05, 0) is 80.3 Å². The zero-order chi connectivity index (χ0) is 25.1. The Labute approximate surface area is 218 Å². The van der Waals surface area contributed by atoms with Gasteiger partial charge in [0.15, 0.2) is 0 Å². The monoisotopic (exact) mass is 602 g/mol. The second-order valence-electron chi connectivity index (χ2n) is 7.73. The standard InChI is InChI=1S/C25H20Br2N2O6/c1-14-4-3-5-15(8-14)13-34-22-18(26)9-16(10-19(22)27)11-20-23(30)29(25(32)28-20)12-17-6-7-21(35-17)24(31)33-2/h3-11H,12-13H2,1-2H3,(H,28,32)/b20-11-. The molecule has 0 aliphatic carbocycles. The summed E-state index contributed by atoms with van der Waals surface area (Å²) in [5, 5.41) is 2.57. The topological polar surface area (TPSA) is 98.1 Å². The fraction of sp³-hybridized carbons (Fsp3) is 0.160. The summed E-state index contributed by atoms with van der Waals surface area (Å²) in [6, 6.07) is 14.0. The molecule has 8 nitrogen and oxygen atoms in total. The van der Waals surface area contributed by atoms with Gasteiger partial charge >= 0.3 is 12.0 Å². The lowest BCUT2D eigenvalue weighted by Gasteiger charge is -2.12. The number of ether oxygens (including phenoxy) is 2. The number of imide groups is 1. The van der Waals surface area contributed by atoms with Crippen molar-refractivity contribution in [1.29, 1.82) is 0 Å². The van der Waals surface area contributed by atoms with E-state index in [0.717, 1.165) is 16.0 Å². The first kappa shape index (κ1) is 24.7. The quantitative estimate of drug-likeness (QED) is 0.215. The first-order valence-electron chi connectivity index (χ1n) is 10.4. The number of methoxy groups -OCH3 is 1. The molecule has 0 radical (unpaired) electrons. The lowest BCUT2D eigenvalue weighted by Crippen LogP contribution is -2.30. The zero-order valence-electron chi connectivity index (χ0n) is 18.8. The molecule has 0 bridgehead atoms. The van der Waals surface area contributed by atoms with Crippen molar-refractivity contribution < 1.29 is 28.3 Å². The molecule has 0 atom stereocenters. The smallest absolute Gasteiger partial charge is 0.373 e. The molecule has 3 amide bonds. The van der Waals surface area contributed by atoms with Crippen molar-refractivity contribution in [2.45, 2.75) is 20.1 Å². The third kappa shape index (κ3) is 5.66. The fourth-order valence-electron chi connectivity index (χ4n) is 3.47. The van der Waals surface area contributed by atoms with Crippen LogP contribution in [0.15, 0.2) is 67.6 Å². The van der Waals surface area contributed by atoms with E-state index in [9.17, 15) is 14.4 Å². The number of carbonyl (C=O) groups excluding carboxylic acids is 3. The second-order valence-corrected chi connectivity index (χ2v) is 9.44. The van der Waals surface area contributed by atoms with Crippen LogP contribution in [-0.4, -0.2) is 29.9 Å². The van der Waals surface area contributed by atoms with Gasteiger partial charge < -0.3 is 19.2 Å². The molecule has 1 fully saturated rings. The van der Waals surface area contributed by atoms with Crippen LogP contribution in [0.2, 0.25) is 0 Å². The molecular weight excluding hydrogens is 584 g/mol. The first-order chi connectivity index (χ1) is 16.7. The molecule has 1 saturated heterocycles. The van der Waals surface area contributed by atoms with Gasteiger partial charge in [0.05, 0.1) is 22.6 Å². The van der Waals surface area contributed by atoms with Crippen LogP contribution in [0.5, 0.6) is 5.75 Å². The Morgan fingerprint density at radius 3 is 2.54 bits per heavy atom. The molecule has 0 unspecified atom stereocenters. The van der Waals surface area contributed by atoms with Crippen molar-refractivity contribution in [1.82, 2.24) is 10.2 Å². The number of halogens is 2. The normalized spacial score (nSPS) is 14.4. The highest BCUT2D eigenvalue weighted by Gasteiger charge is 2.34. The van der Waals surface area contributed by atoms with Gasteiger partial charge in [-0.25, -0.2) is 9.59 Å². The average Bonchev–Trinajstić information content (AvgIpc) is 3.38. The maximum Gasteiger partial charge on any atom is 0.373 e. The van der Waals surface area contributed by atoms with E-state index in [-0.39, 0.29) is 23.8 Å². The minimum atomic E-state index is -0.642. The van der Waals surface area contributed by atoms with Crippen LogP contribution in [0.4, 0.5) is 4.79 Å². The maximum atomic E-state index is 12.8. The van der Waals surface area contributed by atoms with Crippen LogP contribution >= 0.6 is 31.9 Å². The molecule has 35 heavy (non-hydrogen) atoms. The van der Waals surface area contributed by atoms with E-state index in [0.29, 0.717) is 26.9 Å². The van der Waals surface area contributed by atoms with Gasteiger partial charge in [0.1, 0.15) is 23.8 Å². The number of aryl methyl sites for hydroxylation is 1. The van der Waals surface area contributed by atoms with E-state index in [4.69, 9.17) is 9.15 Å². The highest BCUT2D eigenvalue weighted by molar-refractivity contribution is 9.11. The van der Waals surface area contributed by atoms with Crippen molar-refractivity contribution in [3.8, 4) is 5.75 Å². The van der Waals surface area contributed by atoms with Gasteiger partial charge in [0.25, 0.3) is 5.91 Å². The highest BCUT2D eigenvalue weighted by Crippen LogP contribution is 2.36. The van der Waals surface area contributed by atoms with E-state index >= 15 is 0 Å². The minimum absolute atomic E-state index is 0.00951. The molecule has 2 aromatic carbocycles. The zero-order valence-corrected chi connectivity index (χ0v) is 21.9. The van der Waals surface area contributed by atoms with Crippen LogP contribution in [0.3, 0.4) is 0 Å². The van der Waals surface area contributed by atoms with Crippen LogP contribution in [0, 0.1) is 6.92 Å². The fourth-order valence-corrected chi connectivity index (χ4v) is 4.92. The Balaban J connectivity index is 1.48. The lowest BCUT2D eigenvalue weighted by atomic mass is 10.1. The SMILES string of the molecule is COC(=O)c1ccc(CN2C(=O)N/C(=C\c3cc(Br)c(OCc4cccc(C)c4)c(Br)c3)C2=O)o1. The molecule has 180 valence electrons. The van der Waals surface area contributed by atoms with Gasteiger partial charge in [0.2, 0.25) is 5.76 Å². The number of urea groups is 1. The molecule has 3 aromatic rings. The van der Waals surface area contributed by atoms with Crippen LogP contribution in [0.25, 0.3) is 6.08 Å². The van der Waals surface area contributed by atoms with Crippen molar-refractivity contribution in [2.75, 3.05) is 7.11 Å². The molecule has 4 rings (SSSR count). The molecule has 1 aliphatic rings. The molecule has 10 heteroatoms. The largest absolute Gasteiger partial charge is 0.487 e. The Morgan fingerprint density at radius 1 is 1.11 bits per heavy atom. The summed E-state index contributed by atoms with van der Waals surface area (Å²) < 4.78 is 17.3. The second kappa shape index (κ2) is 10.5. The lowest BCUT2D eigenvalue weighted by molar-refractivity contribution is -0.123. The molecule has 2 heterocycles. The molecule has 1 aliphatic heterocycles. The number of rotatable bonds is 7. The van der Waals surface area contributed by atoms with Gasteiger partial charge in [-0.15, -0.1) is 0 Å². The van der Waals surface area contributed by atoms with Crippen molar-refractivity contribution in [3.05, 3.63) is 91.4 Å². The van der Waals surface area contributed by atoms with E-state index in [2.05, 4.69) is 48.0 Å². The predicted molar refractivity (Wildman–Crippen MR) is 134 cm³/mol. The Kier molecular flexibility index (Phi) is 7.42. The average molecular weight is 604 g/mol. The van der Waals surface area contributed by atoms with E-state index in [1.807, 2.05) is 25.1 Å². The summed E-state index contributed by atoms with van der Waals surface area (Å²) in [5.74, 6) is -0.272. The van der Waals surface area contributed by atoms with E-state index in [1.54, 1.807) is 18.2 Å². The number of hydrogen-bond acceptors (Lipinski definition) is 6. The molecule has 1 aromatic heterocycles. The first-order valence-corrected chi connectivity index (χ1v) is 12.0. The van der Waals surface area contributed by atoms with Crippen LogP contribution < -0.4 is 10.1 Å². The molecule has 0 saturated carbocycles. The van der Waals surface area contributed by atoms with E-state index in [1.165, 1.54) is 19.2 Å². The Morgan fingerprint density at radius 2 is 1.86 bits per heavy atom. The van der Waals surface area contributed by atoms with Gasteiger partial charge in [-0.2, -0.15) is 0 Å². The predicted octanol–water partition coefficient (Wildman–Crippen LogP) is 5.57. The molecule has 0 spiro atoms. The van der Waals surface area contributed by atoms with Crippen molar-refractivity contribution >= 4 is 55.8 Å². The van der Waals surface area contributed by atoms with Crippen LogP contribution in [0.1, 0.15) is 33.0 Å². The van der Waals surface area contributed by atoms with Gasteiger partial charge in [-0.1, -0.05) is 29.8 Å². The summed E-state index contributed by atoms with van der Waals surface area (Å²) in [7, 11) is 1.23. The summed E-state index contributed by atoms with van der Waals surface area (Å²) in [6.07, 6.45) is 1.57. The molecular formula is C25H20Br2N2O6. The minimum Gasteiger partial charge on any atom is -0.487 e. The summed E-state index contributed by atoms with van der Waals surface area (Å²) in [5.41, 5.74) is 2.98. The number of amides is 3. The number of hydrogen-bond donors (Lipinski definition) is 1. The highest BCUT2D eigenvalue weighted by atomic mass is 79.9.